The van der Waals surface area contributed by atoms with Crippen LogP contribution in [0.15, 0.2) is 22.7 Å². The van der Waals surface area contributed by atoms with Gasteiger partial charge in [0.15, 0.2) is 5.13 Å². The van der Waals surface area contributed by atoms with Gasteiger partial charge in [-0.3, -0.25) is 10.1 Å². The highest BCUT2D eigenvalue weighted by molar-refractivity contribution is 9.10. The Labute approximate surface area is 140 Å². The molecule has 0 aliphatic carbocycles. The SMILES string of the molecule is O=C(O)CCCCCNC(=O)Nc1nc2ccc(Br)cc2s1. The molecular formula is C14H16BrN3O3S. The van der Waals surface area contributed by atoms with E-state index in [-0.39, 0.29) is 12.5 Å². The van der Waals surface area contributed by atoms with E-state index >= 15 is 0 Å². The molecule has 2 rings (SSSR count). The van der Waals surface area contributed by atoms with Crippen molar-refractivity contribution in [1.82, 2.24) is 10.3 Å². The molecule has 2 aromatic rings. The molecule has 6 nitrogen and oxygen atoms in total. The molecule has 3 N–H and O–H groups in total. The van der Waals surface area contributed by atoms with E-state index in [1.165, 1.54) is 11.3 Å². The number of fused-ring (bicyclic) bond motifs is 1. The van der Waals surface area contributed by atoms with Crippen LogP contribution in [-0.4, -0.2) is 28.6 Å². The van der Waals surface area contributed by atoms with Gasteiger partial charge in [0.25, 0.3) is 0 Å². The Balaban J connectivity index is 1.73. The molecule has 0 aliphatic rings. The number of nitrogens with one attached hydrogen (secondary N) is 2. The van der Waals surface area contributed by atoms with E-state index in [0.717, 1.165) is 27.5 Å². The Morgan fingerprint density at radius 2 is 2.09 bits per heavy atom. The van der Waals surface area contributed by atoms with Gasteiger partial charge in [-0.1, -0.05) is 33.7 Å². The Morgan fingerprint density at radius 3 is 2.86 bits per heavy atom. The summed E-state index contributed by atoms with van der Waals surface area (Å²) in [7, 11) is 0. The number of hydrogen-bond acceptors (Lipinski definition) is 4. The minimum atomic E-state index is -0.784. The zero-order chi connectivity index (χ0) is 15.9. The maximum absolute atomic E-state index is 11.7. The molecule has 22 heavy (non-hydrogen) atoms. The Hall–Kier alpha value is -1.67. The Kier molecular flexibility index (Phi) is 6.14. The van der Waals surface area contributed by atoms with Crippen LogP contribution in [0, 0.1) is 0 Å². The van der Waals surface area contributed by atoms with Crippen LogP contribution in [-0.2, 0) is 4.79 Å². The van der Waals surface area contributed by atoms with E-state index in [2.05, 4.69) is 31.5 Å². The molecule has 0 saturated heterocycles. The van der Waals surface area contributed by atoms with Crippen LogP contribution in [0.3, 0.4) is 0 Å². The topological polar surface area (TPSA) is 91.3 Å². The molecule has 1 aromatic heterocycles. The fraction of sp³-hybridized carbons (Fsp3) is 0.357. The van der Waals surface area contributed by atoms with E-state index in [9.17, 15) is 9.59 Å². The van der Waals surface area contributed by atoms with Gasteiger partial charge in [0.05, 0.1) is 10.2 Å². The molecule has 1 heterocycles. The lowest BCUT2D eigenvalue weighted by atomic mass is 10.2. The number of rotatable bonds is 7. The fourth-order valence-corrected chi connectivity index (χ4v) is 3.29. The maximum Gasteiger partial charge on any atom is 0.321 e. The van der Waals surface area contributed by atoms with Crippen LogP contribution >= 0.6 is 27.3 Å². The zero-order valence-electron chi connectivity index (χ0n) is 11.8. The monoisotopic (exact) mass is 385 g/mol. The average Bonchev–Trinajstić information content (AvgIpc) is 2.83. The average molecular weight is 386 g/mol. The van der Waals surface area contributed by atoms with Crippen molar-refractivity contribution in [3.8, 4) is 0 Å². The third kappa shape index (κ3) is 5.27. The molecule has 0 fully saturated rings. The fourth-order valence-electron chi connectivity index (χ4n) is 1.87. The van der Waals surface area contributed by atoms with Crippen LogP contribution in [0.5, 0.6) is 0 Å². The number of aromatic nitrogens is 1. The van der Waals surface area contributed by atoms with Crippen LogP contribution in [0.1, 0.15) is 25.7 Å². The number of aliphatic carboxylic acids is 1. The molecule has 118 valence electrons. The molecule has 0 atom stereocenters. The summed E-state index contributed by atoms with van der Waals surface area (Å²) < 4.78 is 1.97. The number of carbonyl (C=O) groups is 2. The summed E-state index contributed by atoms with van der Waals surface area (Å²) in [6, 6.07) is 5.46. The minimum Gasteiger partial charge on any atom is -0.481 e. The predicted molar refractivity (Wildman–Crippen MR) is 90.4 cm³/mol. The van der Waals surface area contributed by atoms with E-state index in [4.69, 9.17) is 5.11 Å². The normalized spacial score (nSPS) is 10.6. The molecule has 0 aliphatic heterocycles. The molecule has 2 amide bonds. The van der Waals surface area contributed by atoms with E-state index in [1.807, 2.05) is 18.2 Å². The number of anilines is 1. The van der Waals surface area contributed by atoms with E-state index in [1.54, 1.807) is 0 Å². The van der Waals surface area contributed by atoms with E-state index in [0.29, 0.717) is 18.1 Å². The van der Waals surface area contributed by atoms with Crippen molar-refractivity contribution in [3.63, 3.8) is 0 Å². The second-order valence-electron chi connectivity index (χ2n) is 4.72. The molecule has 0 bridgehead atoms. The lowest BCUT2D eigenvalue weighted by Crippen LogP contribution is -2.29. The van der Waals surface area contributed by atoms with Crippen molar-refractivity contribution in [3.05, 3.63) is 22.7 Å². The van der Waals surface area contributed by atoms with Crippen molar-refractivity contribution in [2.24, 2.45) is 0 Å². The number of urea groups is 1. The largest absolute Gasteiger partial charge is 0.481 e. The summed E-state index contributed by atoms with van der Waals surface area (Å²) in [4.78, 5) is 26.4. The van der Waals surface area contributed by atoms with Gasteiger partial charge >= 0.3 is 12.0 Å². The summed E-state index contributed by atoms with van der Waals surface area (Å²) in [5, 5.41) is 14.5. The number of carbonyl (C=O) groups excluding carboxylic acids is 1. The number of halogens is 1. The van der Waals surface area contributed by atoms with Crippen LogP contribution in [0.25, 0.3) is 10.2 Å². The Bertz CT molecular complexity index is 674. The van der Waals surface area contributed by atoms with Crippen molar-refractivity contribution < 1.29 is 14.7 Å². The molecule has 0 saturated carbocycles. The number of thiazole rings is 1. The Morgan fingerprint density at radius 1 is 1.27 bits per heavy atom. The number of carboxylic acids is 1. The van der Waals surface area contributed by atoms with Crippen molar-refractivity contribution in [2.75, 3.05) is 11.9 Å². The zero-order valence-corrected chi connectivity index (χ0v) is 14.2. The number of carboxylic acid groups (broad SMARTS) is 1. The quantitative estimate of drug-likeness (QED) is 0.631. The first kappa shape index (κ1) is 16.7. The lowest BCUT2D eigenvalue weighted by molar-refractivity contribution is -0.137. The van der Waals surface area contributed by atoms with Gasteiger partial charge in [0.2, 0.25) is 0 Å². The number of benzene rings is 1. The number of hydrogen-bond donors (Lipinski definition) is 3. The van der Waals surface area contributed by atoms with Gasteiger partial charge < -0.3 is 10.4 Å². The third-order valence-corrected chi connectivity index (χ3v) is 4.35. The van der Waals surface area contributed by atoms with Gasteiger partial charge in [0, 0.05) is 17.4 Å². The number of nitrogens with zero attached hydrogens (tertiary/aromatic N) is 1. The molecule has 0 spiro atoms. The first-order valence-electron chi connectivity index (χ1n) is 6.87. The van der Waals surface area contributed by atoms with Gasteiger partial charge in [-0.25, -0.2) is 9.78 Å². The first-order chi connectivity index (χ1) is 10.5. The molecule has 0 unspecified atom stereocenters. The third-order valence-electron chi connectivity index (χ3n) is 2.92. The van der Waals surface area contributed by atoms with Crippen LogP contribution in [0.4, 0.5) is 9.93 Å². The summed E-state index contributed by atoms with van der Waals surface area (Å²) in [5.74, 6) is -0.784. The van der Waals surface area contributed by atoms with Crippen molar-refractivity contribution in [2.45, 2.75) is 25.7 Å². The number of unbranched alkanes of at least 4 members (excludes halogenated alkanes) is 2. The first-order valence-corrected chi connectivity index (χ1v) is 8.48. The maximum atomic E-state index is 11.7. The second kappa shape index (κ2) is 8.09. The standard InChI is InChI=1S/C14H16BrN3O3S/c15-9-5-6-10-11(8-9)22-14(17-10)18-13(21)16-7-3-1-2-4-12(19)20/h5-6,8H,1-4,7H2,(H,19,20)(H2,16,17,18,21). The molecule has 8 heteroatoms. The second-order valence-corrected chi connectivity index (χ2v) is 6.66. The molecule has 0 radical (unpaired) electrons. The summed E-state index contributed by atoms with van der Waals surface area (Å²) in [5.41, 5.74) is 0.845. The van der Waals surface area contributed by atoms with Gasteiger partial charge in [-0.2, -0.15) is 0 Å². The highest BCUT2D eigenvalue weighted by Gasteiger charge is 2.07. The van der Waals surface area contributed by atoms with Gasteiger partial charge in [-0.15, -0.1) is 0 Å². The van der Waals surface area contributed by atoms with Crippen LogP contribution < -0.4 is 10.6 Å². The smallest absolute Gasteiger partial charge is 0.321 e. The van der Waals surface area contributed by atoms with Crippen LogP contribution in [0.2, 0.25) is 0 Å². The van der Waals surface area contributed by atoms with Crippen molar-refractivity contribution >= 4 is 54.6 Å². The highest BCUT2D eigenvalue weighted by Crippen LogP contribution is 2.28. The number of amides is 2. The molecular weight excluding hydrogens is 370 g/mol. The summed E-state index contributed by atoms with van der Waals surface area (Å²) in [6.07, 6.45) is 2.34. The summed E-state index contributed by atoms with van der Waals surface area (Å²) in [6.45, 7) is 0.516. The molecule has 1 aromatic carbocycles. The van der Waals surface area contributed by atoms with Gasteiger partial charge in [-0.05, 0) is 31.0 Å². The summed E-state index contributed by atoms with van der Waals surface area (Å²) >= 11 is 4.81. The van der Waals surface area contributed by atoms with Gasteiger partial charge in [0.1, 0.15) is 0 Å². The highest BCUT2D eigenvalue weighted by atomic mass is 79.9. The van der Waals surface area contributed by atoms with Crippen molar-refractivity contribution in [1.29, 1.82) is 0 Å². The lowest BCUT2D eigenvalue weighted by Gasteiger charge is -2.04. The minimum absolute atomic E-state index is 0.174. The predicted octanol–water partition coefficient (Wildman–Crippen LogP) is 3.83. The van der Waals surface area contributed by atoms with E-state index < -0.39 is 5.97 Å².